The van der Waals surface area contributed by atoms with Crippen LogP contribution in [0.3, 0.4) is 0 Å². The maximum atomic E-state index is 13.3. The second kappa shape index (κ2) is 25.6. The molecule has 0 aliphatic carbocycles. The average Bonchev–Trinajstić information content (AvgIpc) is 3.18. The normalized spacial score (nSPS) is 11.9. The van der Waals surface area contributed by atoms with Crippen LogP contribution in [0.15, 0.2) is 0 Å². The first-order chi connectivity index (χ1) is 27.8. The fourth-order valence-electron chi connectivity index (χ4n) is 5.41. The Hall–Kier alpha value is 1.05. The zero-order valence-corrected chi connectivity index (χ0v) is 59.2. The maximum absolute atomic E-state index is 13.3. The van der Waals surface area contributed by atoms with Crippen molar-refractivity contribution in [1.82, 2.24) is 0 Å². The quantitative estimate of drug-likeness (QED) is 0.0607. The molecule has 0 aromatic carbocycles. The van der Waals surface area contributed by atoms with Gasteiger partial charge >= 0.3 is 165 Å². The molecule has 48 heteroatoms. The van der Waals surface area contributed by atoms with Crippen LogP contribution in [0, 0.1) is 0 Å². The van der Waals surface area contributed by atoms with Gasteiger partial charge in [0.15, 0.2) is 8.32 Å². The van der Waals surface area contributed by atoms with Gasteiger partial charge in [-0.05, 0) is 31.9 Å². The summed E-state index contributed by atoms with van der Waals surface area (Å²) in [5.74, 6) is 0. The van der Waals surface area contributed by atoms with E-state index < -0.39 is 189 Å². The van der Waals surface area contributed by atoms with Gasteiger partial charge in [0, 0.05) is 35.1 Å². The predicted octanol–water partition coefficient (Wildman–Crippen LogP) is -5.07. The lowest BCUT2D eigenvalue weighted by Crippen LogP contribution is -2.60. The minimum Gasteiger partial charge on any atom is -0.558 e. The monoisotopic (exact) mass is 1260 g/mol. The minimum absolute atomic E-state index is 0.0942. The van der Waals surface area contributed by atoms with Crippen LogP contribution in [0.1, 0.15) is 0 Å². The highest BCUT2D eigenvalue weighted by Crippen LogP contribution is 2.25. The minimum atomic E-state index is -4.47. The fourth-order valence-corrected chi connectivity index (χ4v) is 259. The van der Waals surface area contributed by atoms with Crippen molar-refractivity contribution >= 4 is 189 Å². The predicted molar refractivity (Wildman–Crippen MR) is 237 cm³/mol. The van der Waals surface area contributed by atoms with E-state index in [1.165, 1.54) is 47.5 Å². The standard InChI is InChI=1S/C14H40O24Si24/c1-34-62(35-2,36-3)14-60(9,10)57(33)56(32)55(31)54(30)53(29)52(28)51(27)50(26)49(25)48(24)47(23)46(22)45(21)44(20)43(19)42(18)41(17)40(16)39(15)37-61(11,12)38-59(7,8)13-58(4,5)6/h13-14H2,1-12H3. The topological polar surface area (TPSA) is 370 Å². The molecular weight excluding hydrogens is 1230 g/mol. The van der Waals surface area contributed by atoms with Crippen LogP contribution in [0.4, 0.5) is 0 Å². The average molecular weight is 1270 g/mol. The Morgan fingerprint density at radius 2 is 0.581 bits per heavy atom. The summed E-state index contributed by atoms with van der Waals surface area (Å²) >= 11 is 0. The second-order valence-corrected chi connectivity index (χ2v) is 132. The molecule has 62 heavy (non-hydrogen) atoms. The first kappa shape index (κ1) is 63.0. The Morgan fingerprint density at radius 3 is 0.823 bits per heavy atom. The summed E-state index contributed by atoms with van der Waals surface area (Å²) in [6.07, 6.45) is 0. The van der Waals surface area contributed by atoms with Crippen molar-refractivity contribution < 1.29 is 106 Å². The van der Waals surface area contributed by atoms with Crippen LogP contribution in [-0.2, 0) is 106 Å². The molecule has 0 radical (unpaired) electrons. The fraction of sp³-hybridized carbons (Fsp3) is 1.00. The molecule has 0 aliphatic rings. The van der Waals surface area contributed by atoms with E-state index in [0.29, 0.717) is 0 Å². The van der Waals surface area contributed by atoms with Gasteiger partial charge in [-0.1, -0.05) is 32.7 Å². The zero-order chi connectivity index (χ0) is 49.4. The van der Waals surface area contributed by atoms with Crippen molar-refractivity contribution in [1.29, 1.82) is 0 Å². The van der Waals surface area contributed by atoms with Gasteiger partial charge < -0.3 is 106 Å². The number of hydrogen-bond donors (Lipinski definition) is 0. The molecule has 0 N–H and O–H groups in total. The van der Waals surface area contributed by atoms with E-state index in [0.717, 1.165) is 5.67 Å². The van der Waals surface area contributed by atoms with E-state index >= 15 is 0 Å². The molecule has 24 nitrogen and oxygen atoms in total. The van der Waals surface area contributed by atoms with Crippen LogP contribution < -0.4 is 0 Å². The van der Waals surface area contributed by atoms with Crippen molar-refractivity contribution in [2.75, 3.05) is 21.3 Å². The summed E-state index contributed by atoms with van der Waals surface area (Å²) in [5, 5.41) is 0. The first-order valence-electron chi connectivity index (χ1n) is 17.2. The molecular formula is C14H40O24Si24. The van der Waals surface area contributed by atoms with Gasteiger partial charge in [0.1, 0.15) is 7.59 Å². The Morgan fingerprint density at radius 1 is 0.339 bits per heavy atom. The third kappa shape index (κ3) is 17.8. The summed E-state index contributed by atoms with van der Waals surface area (Å²) in [4.78, 5) is 0. The molecule has 0 aromatic rings. The molecule has 336 valence electrons. The van der Waals surface area contributed by atoms with Crippen LogP contribution in [0.25, 0.3) is 0 Å². The maximum Gasteiger partial charge on any atom is 0.533 e. The van der Waals surface area contributed by atoms with Gasteiger partial charge in [-0.2, -0.15) is 0 Å². The molecule has 0 spiro atoms. The van der Waals surface area contributed by atoms with Gasteiger partial charge in [-0.25, -0.2) is 0 Å². The van der Waals surface area contributed by atoms with E-state index in [9.17, 15) is 84.8 Å². The van der Waals surface area contributed by atoms with Gasteiger partial charge in [0.25, 0.3) is 0 Å². The molecule has 0 unspecified atom stereocenters. The van der Waals surface area contributed by atoms with Gasteiger partial charge in [-0.3, -0.25) is 0 Å². The Bertz CT molecular complexity index is 2170. The summed E-state index contributed by atoms with van der Waals surface area (Å²) in [7, 11) is -90.1. The molecule has 0 saturated carbocycles. The summed E-state index contributed by atoms with van der Waals surface area (Å²) in [6.45, 7) is 16.0. The van der Waals surface area contributed by atoms with Crippen molar-refractivity contribution in [3.63, 3.8) is 0 Å². The van der Waals surface area contributed by atoms with E-state index in [1.807, 2.05) is 13.1 Å². The third-order valence-corrected chi connectivity index (χ3v) is 182. The van der Waals surface area contributed by atoms with Crippen LogP contribution >= 0.6 is 0 Å². The molecule has 0 aliphatic heterocycles. The Kier molecular flexibility index (Phi) is 26.0. The van der Waals surface area contributed by atoms with E-state index in [-0.39, 0.29) is 5.67 Å². The van der Waals surface area contributed by atoms with E-state index in [4.69, 9.17) is 21.5 Å². The highest BCUT2D eigenvalue weighted by Gasteiger charge is 2.58. The van der Waals surface area contributed by atoms with Gasteiger partial charge in [0.2, 0.25) is 0 Å². The van der Waals surface area contributed by atoms with Crippen LogP contribution in [-0.4, -0.2) is 210 Å². The first-order valence-corrected chi connectivity index (χ1v) is 77.6. The van der Waals surface area contributed by atoms with Crippen molar-refractivity contribution in [2.45, 2.75) is 70.3 Å². The van der Waals surface area contributed by atoms with Crippen molar-refractivity contribution in [3.05, 3.63) is 0 Å². The summed E-state index contributed by atoms with van der Waals surface area (Å²) in [6, 6.07) is 0. The third-order valence-electron chi connectivity index (χ3n) is 7.71. The largest absolute Gasteiger partial charge is 0.558 e. The molecule has 0 atom stereocenters. The van der Waals surface area contributed by atoms with Gasteiger partial charge in [-0.15, -0.1) is 0 Å². The Balaban J connectivity index is 5.84. The SMILES string of the molecule is CO[Si](C[Si](C)(C)[Si](=O)[Si](=O)[Si](=O)[Si](=O)[Si](=O)[Si](=O)[Si](=O)[Si](=O)[Si](=O)[Si](=O)[Si](=O)[Si](=O)[Si](=O)[Si](=O)[Si](=O)[Si](=O)[Si](=O)[Si](=O)[Si](=O)O[Si](C)(C)O[Si](C)(C)C[Si](C)(C)C)(OC)OC. The molecule has 0 aromatic heterocycles. The lowest BCUT2D eigenvalue weighted by atomic mass is 11.7. The molecule has 0 rings (SSSR count). The number of hydrogen-bond acceptors (Lipinski definition) is 24. The molecule has 0 saturated heterocycles. The van der Waals surface area contributed by atoms with E-state index in [2.05, 4.69) is 19.6 Å². The number of rotatable bonds is 30. The van der Waals surface area contributed by atoms with Crippen molar-refractivity contribution in [2.24, 2.45) is 0 Å². The lowest BCUT2D eigenvalue weighted by Gasteiger charge is -2.36. The van der Waals surface area contributed by atoms with Crippen molar-refractivity contribution in [3.8, 4) is 0 Å². The molecule has 0 heterocycles. The van der Waals surface area contributed by atoms with Gasteiger partial charge in [0.05, 0.1) is 0 Å². The zero-order valence-electron chi connectivity index (χ0n) is 35.2. The molecule has 0 amide bonds. The Labute approximate surface area is 383 Å². The van der Waals surface area contributed by atoms with Crippen LogP contribution in [0.5, 0.6) is 0 Å². The lowest BCUT2D eigenvalue weighted by molar-refractivity contribution is 0.128. The second-order valence-electron chi connectivity index (χ2n) is 15.7. The summed E-state index contributed by atoms with van der Waals surface area (Å²) in [5.41, 5.74) is 0.682. The smallest absolute Gasteiger partial charge is 0.533 e. The summed E-state index contributed by atoms with van der Waals surface area (Å²) < 4.78 is 272. The van der Waals surface area contributed by atoms with Crippen LogP contribution in [0.2, 0.25) is 70.3 Å². The highest BCUT2D eigenvalue weighted by molar-refractivity contribution is 7.82. The van der Waals surface area contributed by atoms with E-state index in [1.54, 1.807) is 0 Å². The molecule has 0 fully saturated rings. The highest BCUT2D eigenvalue weighted by atomic mass is 30.1. The molecule has 0 bridgehead atoms.